The number of benzene rings is 1. The third-order valence-electron chi connectivity index (χ3n) is 3.60. The summed E-state index contributed by atoms with van der Waals surface area (Å²) in [5, 5.41) is 9.31. The second kappa shape index (κ2) is 6.41. The molecule has 1 aliphatic rings. The summed E-state index contributed by atoms with van der Waals surface area (Å²) in [6.45, 7) is 4.75. The summed E-state index contributed by atoms with van der Waals surface area (Å²) in [6.07, 6.45) is 3.57. The number of hydrogen-bond acceptors (Lipinski definition) is 5. The minimum absolute atomic E-state index is 0.316. The fourth-order valence-electron chi connectivity index (χ4n) is 2.43. The average molecular weight is 349 g/mol. The lowest BCUT2D eigenvalue weighted by Gasteiger charge is -2.34. The minimum Gasteiger partial charge on any atom is -0.508 e. The van der Waals surface area contributed by atoms with Gasteiger partial charge in [0, 0.05) is 45.1 Å². The van der Waals surface area contributed by atoms with Crippen LogP contribution in [0.3, 0.4) is 0 Å². The van der Waals surface area contributed by atoms with E-state index in [4.69, 9.17) is 0 Å². The first-order valence-electron chi connectivity index (χ1n) is 6.93. The molecule has 0 unspecified atom stereocenters. The molecule has 6 heteroatoms. The predicted molar refractivity (Wildman–Crippen MR) is 85.3 cm³/mol. The van der Waals surface area contributed by atoms with Gasteiger partial charge in [-0.15, -0.1) is 0 Å². The van der Waals surface area contributed by atoms with Crippen LogP contribution in [0.4, 0.5) is 5.95 Å². The number of anilines is 1. The molecule has 0 amide bonds. The monoisotopic (exact) mass is 348 g/mol. The molecule has 1 fully saturated rings. The van der Waals surface area contributed by atoms with Gasteiger partial charge in [0.2, 0.25) is 5.95 Å². The molecule has 110 valence electrons. The maximum absolute atomic E-state index is 9.31. The first-order chi connectivity index (χ1) is 10.2. The van der Waals surface area contributed by atoms with Gasteiger partial charge < -0.3 is 10.0 Å². The van der Waals surface area contributed by atoms with Gasteiger partial charge >= 0.3 is 0 Å². The van der Waals surface area contributed by atoms with E-state index in [0.29, 0.717) is 5.75 Å². The molecule has 1 saturated heterocycles. The molecule has 0 atom stereocenters. The highest BCUT2D eigenvalue weighted by molar-refractivity contribution is 9.10. The third kappa shape index (κ3) is 3.71. The fourth-order valence-corrected chi connectivity index (χ4v) is 2.64. The summed E-state index contributed by atoms with van der Waals surface area (Å²) in [5.41, 5.74) is 1.22. The van der Waals surface area contributed by atoms with Crippen LogP contribution in [0, 0.1) is 0 Å². The zero-order valence-electron chi connectivity index (χ0n) is 11.6. The van der Waals surface area contributed by atoms with Crippen LogP contribution in [0.1, 0.15) is 5.56 Å². The largest absolute Gasteiger partial charge is 0.508 e. The Hall–Kier alpha value is -1.66. The SMILES string of the molecule is Oc1ccc(CN2CCN(c3ncc(Br)cn3)CC2)cc1. The van der Waals surface area contributed by atoms with Crippen molar-refractivity contribution in [2.24, 2.45) is 0 Å². The van der Waals surface area contributed by atoms with Gasteiger partial charge in [-0.2, -0.15) is 0 Å². The number of phenolic OH excluding ortho intramolecular Hbond substituents is 1. The van der Waals surface area contributed by atoms with Crippen LogP contribution in [0.25, 0.3) is 0 Å². The molecule has 0 bridgehead atoms. The summed E-state index contributed by atoms with van der Waals surface area (Å²) in [6, 6.07) is 7.42. The summed E-state index contributed by atoms with van der Waals surface area (Å²) in [4.78, 5) is 13.3. The highest BCUT2D eigenvalue weighted by atomic mass is 79.9. The highest BCUT2D eigenvalue weighted by Crippen LogP contribution is 2.16. The minimum atomic E-state index is 0.316. The molecule has 5 nitrogen and oxygen atoms in total. The van der Waals surface area contributed by atoms with Gasteiger partial charge in [-0.25, -0.2) is 9.97 Å². The van der Waals surface area contributed by atoms with E-state index in [2.05, 4.69) is 35.7 Å². The Morgan fingerprint density at radius 1 is 1.00 bits per heavy atom. The van der Waals surface area contributed by atoms with Gasteiger partial charge in [0.1, 0.15) is 5.75 Å². The molecule has 2 aromatic rings. The van der Waals surface area contributed by atoms with Crippen molar-refractivity contribution >= 4 is 21.9 Å². The van der Waals surface area contributed by atoms with Gasteiger partial charge in [0.15, 0.2) is 0 Å². The maximum atomic E-state index is 9.31. The molecule has 0 radical (unpaired) electrons. The number of piperazine rings is 1. The van der Waals surface area contributed by atoms with Crippen molar-refractivity contribution in [3.8, 4) is 5.75 Å². The Bertz CT molecular complexity index is 580. The van der Waals surface area contributed by atoms with E-state index in [-0.39, 0.29) is 0 Å². The molecule has 2 heterocycles. The number of rotatable bonds is 3. The summed E-state index contributed by atoms with van der Waals surface area (Å²) >= 11 is 3.35. The normalized spacial score (nSPS) is 16.1. The van der Waals surface area contributed by atoms with E-state index >= 15 is 0 Å². The van der Waals surface area contributed by atoms with Crippen LogP contribution in [-0.4, -0.2) is 46.2 Å². The van der Waals surface area contributed by atoms with Crippen LogP contribution in [0.15, 0.2) is 41.1 Å². The number of halogens is 1. The molecule has 3 rings (SSSR count). The number of aromatic nitrogens is 2. The number of nitrogens with zero attached hydrogens (tertiary/aromatic N) is 4. The Balaban J connectivity index is 1.55. The Morgan fingerprint density at radius 3 is 2.24 bits per heavy atom. The lowest BCUT2D eigenvalue weighted by atomic mass is 10.2. The highest BCUT2D eigenvalue weighted by Gasteiger charge is 2.18. The van der Waals surface area contributed by atoms with Crippen LogP contribution < -0.4 is 4.90 Å². The zero-order chi connectivity index (χ0) is 14.7. The van der Waals surface area contributed by atoms with Crippen molar-refractivity contribution < 1.29 is 5.11 Å². The first-order valence-corrected chi connectivity index (χ1v) is 7.73. The standard InChI is InChI=1S/C15H17BrN4O/c16-13-9-17-15(18-10-13)20-7-5-19(6-8-20)11-12-1-3-14(21)4-2-12/h1-4,9-10,21H,5-8,11H2. The molecular formula is C15H17BrN4O. The molecule has 0 saturated carbocycles. The molecular weight excluding hydrogens is 332 g/mol. The van der Waals surface area contributed by atoms with E-state index in [9.17, 15) is 5.11 Å². The molecule has 1 N–H and O–H groups in total. The second-order valence-corrected chi connectivity index (χ2v) is 6.05. The maximum Gasteiger partial charge on any atom is 0.225 e. The number of phenols is 1. The first kappa shape index (κ1) is 14.3. The van der Waals surface area contributed by atoms with Crippen molar-refractivity contribution in [1.82, 2.24) is 14.9 Å². The van der Waals surface area contributed by atoms with Gasteiger partial charge in [-0.3, -0.25) is 4.90 Å². The van der Waals surface area contributed by atoms with E-state index in [1.54, 1.807) is 24.5 Å². The van der Waals surface area contributed by atoms with Gasteiger partial charge in [0.25, 0.3) is 0 Å². The lowest BCUT2D eigenvalue weighted by Crippen LogP contribution is -2.46. The van der Waals surface area contributed by atoms with Gasteiger partial charge in [-0.05, 0) is 33.6 Å². The summed E-state index contributed by atoms with van der Waals surface area (Å²) in [7, 11) is 0. The average Bonchev–Trinajstić information content (AvgIpc) is 2.51. The van der Waals surface area contributed by atoms with Gasteiger partial charge in [-0.1, -0.05) is 12.1 Å². The summed E-state index contributed by atoms with van der Waals surface area (Å²) in [5.74, 6) is 1.11. The van der Waals surface area contributed by atoms with Crippen LogP contribution >= 0.6 is 15.9 Å². The van der Waals surface area contributed by atoms with Crippen molar-refractivity contribution in [3.63, 3.8) is 0 Å². The van der Waals surface area contributed by atoms with E-state index in [1.165, 1.54) is 5.56 Å². The smallest absolute Gasteiger partial charge is 0.225 e. The molecule has 0 spiro atoms. The molecule has 1 aromatic heterocycles. The van der Waals surface area contributed by atoms with Crippen molar-refractivity contribution in [3.05, 3.63) is 46.7 Å². The van der Waals surface area contributed by atoms with Crippen LogP contribution in [0.2, 0.25) is 0 Å². The molecule has 0 aliphatic carbocycles. The van der Waals surface area contributed by atoms with E-state index in [1.807, 2.05) is 12.1 Å². The topological polar surface area (TPSA) is 52.5 Å². The third-order valence-corrected chi connectivity index (χ3v) is 4.01. The number of aromatic hydroxyl groups is 1. The predicted octanol–water partition coefficient (Wildman–Crippen LogP) is 2.27. The zero-order valence-corrected chi connectivity index (χ0v) is 13.2. The second-order valence-electron chi connectivity index (χ2n) is 5.13. The lowest BCUT2D eigenvalue weighted by molar-refractivity contribution is 0.248. The molecule has 21 heavy (non-hydrogen) atoms. The number of hydrogen-bond donors (Lipinski definition) is 1. The Kier molecular flexibility index (Phi) is 4.36. The van der Waals surface area contributed by atoms with E-state index < -0.39 is 0 Å². The summed E-state index contributed by atoms with van der Waals surface area (Å²) < 4.78 is 0.900. The van der Waals surface area contributed by atoms with Crippen molar-refractivity contribution in [2.45, 2.75) is 6.54 Å². The quantitative estimate of drug-likeness (QED) is 0.921. The van der Waals surface area contributed by atoms with E-state index in [0.717, 1.165) is 43.1 Å². The van der Waals surface area contributed by atoms with Crippen LogP contribution in [0.5, 0.6) is 5.75 Å². The van der Waals surface area contributed by atoms with Crippen LogP contribution in [-0.2, 0) is 6.54 Å². The Morgan fingerprint density at radius 2 is 1.62 bits per heavy atom. The molecule has 1 aromatic carbocycles. The van der Waals surface area contributed by atoms with Gasteiger partial charge in [0.05, 0.1) is 4.47 Å². The van der Waals surface area contributed by atoms with Crippen molar-refractivity contribution in [1.29, 1.82) is 0 Å². The fraction of sp³-hybridized carbons (Fsp3) is 0.333. The van der Waals surface area contributed by atoms with Crippen molar-refractivity contribution in [2.75, 3.05) is 31.1 Å². The Labute approximate surface area is 132 Å². The molecule has 1 aliphatic heterocycles.